The Kier molecular flexibility index (Phi) is 5.89. The van der Waals surface area contributed by atoms with Gasteiger partial charge in [0.15, 0.2) is 5.82 Å². The first-order valence-corrected chi connectivity index (χ1v) is 9.76. The van der Waals surface area contributed by atoms with Crippen molar-refractivity contribution in [3.8, 4) is 0 Å². The number of hydrogen-bond acceptors (Lipinski definition) is 5. The van der Waals surface area contributed by atoms with E-state index in [0.29, 0.717) is 50.7 Å². The summed E-state index contributed by atoms with van der Waals surface area (Å²) in [5, 5.41) is 3.02. The van der Waals surface area contributed by atoms with Crippen LogP contribution in [0.3, 0.4) is 0 Å². The van der Waals surface area contributed by atoms with Crippen LogP contribution in [0.2, 0.25) is 0 Å². The maximum absolute atomic E-state index is 13.8. The van der Waals surface area contributed by atoms with Crippen molar-refractivity contribution in [2.75, 3.05) is 54.5 Å². The zero-order valence-electron chi connectivity index (χ0n) is 16.8. The van der Waals surface area contributed by atoms with Gasteiger partial charge in [0.05, 0.1) is 25.4 Å². The van der Waals surface area contributed by atoms with E-state index in [1.165, 1.54) is 0 Å². The van der Waals surface area contributed by atoms with Gasteiger partial charge in [0.2, 0.25) is 5.91 Å². The Morgan fingerprint density at radius 3 is 2.56 bits per heavy atom. The summed E-state index contributed by atoms with van der Waals surface area (Å²) in [6, 6.07) is 1.97. The molecule has 2 aliphatic heterocycles. The summed E-state index contributed by atoms with van der Waals surface area (Å²) < 4.78 is 19.3. The second kappa shape index (κ2) is 8.00. The van der Waals surface area contributed by atoms with Gasteiger partial charge in [-0.05, 0) is 30.4 Å². The van der Waals surface area contributed by atoms with Gasteiger partial charge in [-0.3, -0.25) is 4.79 Å². The molecule has 0 spiro atoms. The van der Waals surface area contributed by atoms with Crippen LogP contribution in [0, 0.1) is 12.3 Å². The number of alkyl halides is 1. The van der Waals surface area contributed by atoms with Crippen molar-refractivity contribution in [1.29, 1.82) is 0 Å². The molecule has 0 unspecified atom stereocenters. The molecular weight excluding hydrogens is 347 g/mol. The van der Waals surface area contributed by atoms with E-state index >= 15 is 0 Å². The zero-order chi connectivity index (χ0) is 19.6. The number of aryl methyl sites for hydroxylation is 1. The average Bonchev–Trinajstić information content (AvgIpc) is 3.00. The Bertz CT molecular complexity index is 683. The molecule has 0 aromatic carbocycles. The fourth-order valence-electron chi connectivity index (χ4n) is 3.61. The van der Waals surface area contributed by atoms with Crippen LogP contribution in [-0.4, -0.2) is 56.5 Å². The van der Waals surface area contributed by atoms with Crippen LogP contribution in [0.4, 0.5) is 21.7 Å². The van der Waals surface area contributed by atoms with Gasteiger partial charge < -0.3 is 19.9 Å². The standard InChI is InChI=1S/C20H31FN4O2/c1-14-11-16(22-17(26)12-20(2,3)4)19(25-6-5-15(21)13-25)23-18(14)24-7-9-27-10-8-24/h11,15H,5-10,12-13H2,1-4H3,(H,22,26)/t15-/m1/s1. The van der Waals surface area contributed by atoms with Crippen LogP contribution in [0.1, 0.15) is 39.2 Å². The third-order valence-corrected chi connectivity index (χ3v) is 4.87. The Morgan fingerprint density at radius 2 is 1.96 bits per heavy atom. The summed E-state index contributed by atoms with van der Waals surface area (Å²) in [4.78, 5) is 21.5. The quantitative estimate of drug-likeness (QED) is 0.872. The number of nitrogens with one attached hydrogen (secondary N) is 1. The number of halogens is 1. The number of hydrogen-bond donors (Lipinski definition) is 1. The molecule has 6 nitrogen and oxygen atoms in total. The van der Waals surface area contributed by atoms with Crippen molar-refractivity contribution in [1.82, 2.24) is 4.98 Å². The van der Waals surface area contributed by atoms with E-state index in [1.54, 1.807) is 0 Å². The molecule has 1 N–H and O–H groups in total. The zero-order valence-corrected chi connectivity index (χ0v) is 16.8. The van der Waals surface area contributed by atoms with E-state index in [4.69, 9.17) is 9.72 Å². The maximum atomic E-state index is 13.8. The van der Waals surface area contributed by atoms with Gasteiger partial charge in [0.25, 0.3) is 0 Å². The number of carbonyl (C=O) groups excluding carboxylic acids is 1. The van der Waals surface area contributed by atoms with E-state index in [9.17, 15) is 9.18 Å². The Balaban J connectivity index is 1.90. The van der Waals surface area contributed by atoms with Gasteiger partial charge in [-0.1, -0.05) is 20.8 Å². The second-order valence-corrected chi connectivity index (χ2v) is 8.72. The van der Waals surface area contributed by atoms with Gasteiger partial charge in [0.1, 0.15) is 12.0 Å². The number of carbonyl (C=O) groups is 1. The number of aromatic nitrogens is 1. The van der Waals surface area contributed by atoms with E-state index in [0.717, 1.165) is 24.5 Å². The largest absolute Gasteiger partial charge is 0.378 e. The molecule has 1 aromatic heterocycles. The van der Waals surface area contributed by atoms with Crippen molar-refractivity contribution in [3.05, 3.63) is 11.6 Å². The number of nitrogens with zero attached hydrogens (tertiary/aromatic N) is 3. The first-order valence-electron chi connectivity index (χ1n) is 9.76. The van der Waals surface area contributed by atoms with E-state index < -0.39 is 6.17 Å². The molecule has 150 valence electrons. The molecule has 2 saturated heterocycles. The normalized spacial score (nSPS) is 20.9. The lowest BCUT2D eigenvalue weighted by molar-refractivity contribution is -0.117. The number of pyridine rings is 1. The Hall–Kier alpha value is -1.89. The molecule has 7 heteroatoms. The maximum Gasteiger partial charge on any atom is 0.224 e. The third kappa shape index (κ3) is 5.09. The van der Waals surface area contributed by atoms with Crippen LogP contribution >= 0.6 is 0 Å². The number of anilines is 3. The van der Waals surface area contributed by atoms with E-state index in [2.05, 4.69) is 10.2 Å². The molecule has 0 radical (unpaired) electrons. The molecule has 1 atom stereocenters. The lowest BCUT2D eigenvalue weighted by Crippen LogP contribution is -2.37. The fourth-order valence-corrected chi connectivity index (χ4v) is 3.61. The monoisotopic (exact) mass is 378 g/mol. The highest BCUT2D eigenvalue weighted by Crippen LogP contribution is 2.34. The smallest absolute Gasteiger partial charge is 0.224 e. The highest BCUT2D eigenvalue weighted by molar-refractivity contribution is 5.94. The van der Waals surface area contributed by atoms with Crippen LogP contribution in [0.15, 0.2) is 6.07 Å². The molecule has 27 heavy (non-hydrogen) atoms. The third-order valence-electron chi connectivity index (χ3n) is 4.87. The number of ether oxygens (including phenoxy) is 1. The van der Waals surface area contributed by atoms with Gasteiger partial charge in [-0.25, -0.2) is 9.37 Å². The molecular formula is C20H31FN4O2. The molecule has 0 saturated carbocycles. The minimum atomic E-state index is -0.849. The average molecular weight is 378 g/mol. The minimum absolute atomic E-state index is 0.0416. The molecule has 2 aliphatic rings. The van der Waals surface area contributed by atoms with E-state index in [1.807, 2.05) is 38.7 Å². The summed E-state index contributed by atoms with van der Waals surface area (Å²) in [5.41, 5.74) is 1.58. The summed E-state index contributed by atoms with van der Waals surface area (Å²) >= 11 is 0. The lowest BCUT2D eigenvalue weighted by atomic mass is 9.92. The van der Waals surface area contributed by atoms with E-state index in [-0.39, 0.29) is 11.3 Å². The molecule has 0 aliphatic carbocycles. The van der Waals surface area contributed by atoms with Crippen LogP contribution < -0.4 is 15.1 Å². The predicted octanol–water partition coefficient (Wildman–Crippen LogP) is 3.15. The molecule has 0 bridgehead atoms. The van der Waals surface area contributed by atoms with Crippen molar-refractivity contribution in [3.63, 3.8) is 0 Å². The summed E-state index contributed by atoms with van der Waals surface area (Å²) in [6.45, 7) is 12.0. The minimum Gasteiger partial charge on any atom is -0.378 e. The van der Waals surface area contributed by atoms with Gasteiger partial charge >= 0.3 is 0 Å². The lowest BCUT2D eigenvalue weighted by Gasteiger charge is -2.31. The Morgan fingerprint density at radius 1 is 1.26 bits per heavy atom. The Labute approximate surface area is 161 Å². The van der Waals surface area contributed by atoms with Crippen molar-refractivity contribution in [2.45, 2.75) is 46.7 Å². The van der Waals surface area contributed by atoms with Crippen LogP contribution in [-0.2, 0) is 9.53 Å². The highest BCUT2D eigenvalue weighted by Gasteiger charge is 2.28. The molecule has 3 rings (SSSR count). The fraction of sp³-hybridized carbons (Fsp3) is 0.700. The predicted molar refractivity (Wildman–Crippen MR) is 106 cm³/mol. The SMILES string of the molecule is Cc1cc(NC(=O)CC(C)(C)C)c(N2CC[C@@H](F)C2)nc1N1CCOCC1. The van der Waals surface area contributed by atoms with Crippen LogP contribution in [0.5, 0.6) is 0 Å². The van der Waals surface area contributed by atoms with Crippen molar-refractivity contribution < 1.29 is 13.9 Å². The van der Waals surface area contributed by atoms with Crippen molar-refractivity contribution >= 4 is 23.2 Å². The number of amides is 1. The summed E-state index contributed by atoms with van der Waals surface area (Å²) in [7, 11) is 0. The molecule has 2 fully saturated rings. The van der Waals surface area contributed by atoms with Gasteiger partial charge in [0, 0.05) is 26.1 Å². The van der Waals surface area contributed by atoms with Gasteiger partial charge in [-0.15, -0.1) is 0 Å². The van der Waals surface area contributed by atoms with Crippen LogP contribution in [0.25, 0.3) is 0 Å². The first-order chi connectivity index (χ1) is 12.7. The summed E-state index contributed by atoms with van der Waals surface area (Å²) in [6.07, 6.45) is 0.0679. The second-order valence-electron chi connectivity index (χ2n) is 8.72. The molecule has 3 heterocycles. The number of morpholine rings is 1. The summed E-state index contributed by atoms with van der Waals surface area (Å²) in [5.74, 6) is 1.52. The first kappa shape index (κ1) is 19.9. The highest BCUT2D eigenvalue weighted by atomic mass is 19.1. The van der Waals surface area contributed by atoms with Gasteiger partial charge in [-0.2, -0.15) is 0 Å². The van der Waals surface area contributed by atoms with Crippen molar-refractivity contribution in [2.24, 2.45) is 5.41 Å². The number of rotatable bonds is 4. The topological polar surface area (TPSA) is 57.7 Å². The molecule has 1 amide bonds. The molecule has 1 aromatic rings.